The lowest BCUT2D eigenvalue weighted by atomic mass is 10.6. The molecule has 2 aromatic heterocycles. The van der Waals surface area contributed by atoms with Crippen LogP contribution in [-0.2, 0) is 0 Å². The summed E-state index contributed by atoms with van der Waals surface area (Å²) in [6, 6.07) is 1.79. The molecule has 0 bridgehead atoms. The van der Waals surface area contributed by atoms with Gasteiger partial charge in [0, 0.05) is 25.5 Å². The molecule has 0 saturated heterocycles. The molecule has 7 nitrogen and oxygen atoms in total. The van der Waals surface area contributed by atoms with Crippen LogP contribution >= 0.6 is 11.6 Å². The molecule has 0 saturated carbocycles. The van der Waals surface area contributed by atoms with Gasteiger partial charge in [0.1, 0.15) is 0 Å². The Bertz CT molecular complexity index is 497. The van der Waals surface area contributed by atoms with E-state index in [4.69, 9.17) is 11.6 Å². The summed E-state index contributed by atoms with van der Waals surface area (Å²) in [5.74, 6) is 0.842. The number of likely N-dealkylation sites (N-methyl/N-ethyl adjacent to an activating group) is 1. The molecule has 0 spiro atoms. The highest BCUT2D eigenvalue weighted by molar-refractivity contribution is 6.28. The third kappa shape index (κ3) is 3.38. The minimum absolute atomic E-state index is 0.142. The van der Waals surface area contributed by atoms with Gasteiger partial charge in [-0.25, -0.2) is 4.68 Å². The van der Waals surface area contributed by atoms with Crippen molar-refractivity contribution in [1.82, 2.24) is 29.6 Å². The predicted molar refractivity (Wildman–Crippen MR) is 69.0 cm³/mol. The third-order valence-corrected chi connectivity index (χ3v) is 2.32. The number of halogens is 1. The topological polar surface area (TPSA) is 71.8 Å². The van der Waals surface area contributed by atoms with Crippen molar-refractivity contribution >= 4 is 17.5 Å². The maximum atomic E-state index is 5.85. The molecule has 0 unspecified atom stereocenters. The van der Waals surface area contributed by atoms with Gasteiger partial charge in [-0.05, 0) is 31.8 Å². The minimum atomic E-state index is 0.142. The largest absolute Gasteiger partial charge is 0.353 e. The van der Waals surface area contributed by atoms with Crippen LogP contribution < -0.4 is 5.32 Å². The molecular weight excluding hydrogens is 254 g/mol. The zero-order chi connectivity index (χ0) is 13.0. The lowest BCUT2D eigenvalue weighted by molar-refractivity contribution is 0.425. The highest BCUT2D eigenvalue weighted by Crippen LogP contribution is 2.08. The first-order valence-corrected chi connectivity index (χ1v) is 5.83. The van der Waals surface area contributed by atoms with Gasteiger partial charge in [0.2, 0.25) is 11.2 Å². The molecule has 0 amide bonds. The van der Waals surface area contributed by atoms with E-state index in [9.17, 15) is 0 Å². The summed E-state index contributed by atoms with van der Waals surface area (Å²) in [6.45, 7) is 1.60. The predicted octanol–water partition coefficient (Wildman–Crippen LogP) is 0.684. The fourth-order valence-electron chi connectivity index (χ4n) is 1.30. The van der Waals surface area contributed by atoms with Gasteiger partial charge in [0.15, 0.2) is 0 Å². The van der Waals surface area contributed by atoms with E-state index in [1.54, 1.807) is 18.5 Å². The Labute approximate surface area is 110 Å². The molecule has 0 atom stereocenters. The van der Waals surface area contributed by atoms with Gasteiger partial charge in [-0.15, -0.1) is 0 Å². The molecule has 2 rings (SSSR count). The Morgan fingerprint density at radius 2 is 2.17 bits per heavy atom. The van der Waals surface area contributed by atoms with Crippen molar-refractivity contribution in [2.75, 3.05) is 32.5 Å². The van der Waals surface area contributed by atoms with Crippen molar-refractivity contribution in [2.24, 2.45) is 0 Å². The van der Waals surface area contributed by atoms with Crippen LogP contribution in [0.3, 0.4) is 0 Å². The van der Waals surface area contributed by atoms with Crippen LogP contribution in [0.4, 0.5) is 5.95 Å². The second kappa shape index (κ2) is 5.74. The Kier molecular flexibility index (Phi) is 4.06. The lowest BCUT2D eigenvalue weighted by Crippen LogP contribution is -2.22. The second-order valence-corrected chi connectivity index (χ2v) is 4.25. The first-order chi connectivity index (χ1) is 8.65. The molecule has 2 heterocycles. The van der Waals surface area contributed by atoms with Gasteiger partial charge in [-0.2, -0.15) is 20.1 Å². The van der Waals surface area contributed by atoms with Crippen LogP contribution in [0.25, 0.3) is 5.95 Å². The van der Waals surface area contributed by atoms with Crippen molar-refractivity contribution in [3.05, 3.63) is 23.7 Å². The molecular formula is C10H14ClN7. The van der Waals surface area contributed by atoms with E-state index in [-0.39, 0.29) is 5.28 Å². The summed E-state index contributed by atoms with van der Waals surface area (Å²) in [5, 5.41) is 7.28. The van der Waals surface area contributed by atoms with E-state index in [1.807, 2.05) is 14.1 Å². The van der Waals surface area contributed by atoms with E-state index >= 15 is 0 Å². The van der Waals surface area contributed by atoms with E-state index in [0.29, 0.717) is 11.9 Å². The highest BCUT2D eigenvalue weighted by atomic mass is 35.5. The SMILES string of the molecule is CN(C)CCNc1nc(Cl)nc(-n2cccn2)n1. The van der Waals surface area contributed by atoms with Crippen molar-refractivity contribution < 1.29 is 0 Å². The average molecular weight is 268 g/mol. The van der Waals surface area contributed by atoms with Gasteiger partial charge in [-0.1, -0.05) is 0 Å². The first-order valence-electron chi connectivity index (χ1n) is 5.45. The van der Waals surface area contributed by atoms with Gasteiger partial charge in [0.05, 0.1) is 0 Å². The molecule has 8 heteroatoms. The number of nitrogens with one attached hydrogen (secondary N) is 1. The quantitative estimate of drug-likeness (QED) is 0.859. The number of nitrogens with zero attached hydrogens (tertiary/aromatic N) is 6. The molecule has 1 N–H and O–H groups in total. The lowest BCUT2D eigenvalue weighted by Gasteiger charge is -2.10. The fourth-order valence-corrected chi connectivity index (χ4v) is 1.46. The molecule has 0 fully saturated rings. The first kappa shape index (κ1) is 12.7. The van der Waals surface area contributed by atoms with E-state index in [0.717, 1.165) is 13.1 Å². The smallest absolute Gasteiger partial charge is 0.256 e. The van der Waals surface area contributed by atoms with Gasteiger partial charge in [-0.3, -0.25) is 0 Å². The van der Waals surface area contributed by atoms with Crippen molar-refractivity contribution in [3.63, 3.8) is 0 Å². The van der Waals surface area contributed by atoms with E-state index < -0.39 is 0 Å². The number of hydrogen-bond acceptors (Lipinski definition) is 6. The van der Waals surface area contributed by atoms with Crippen LogP contribution in [0.2, 0.25) is 5.28 Å². The summed E-state index contributed by atoms with van der Waals surface area (Å²) in [4.78, 5) is 14.3. The monoisotopic (exact) mass is 267 g/mol. The van der Waals surface area contributed by atoms with Crippen LogP contribution in [0, 0.1) is 0 Å². The van der Waals surface area contributed by atoms with Crippen molar-refractivity contribution in [1.29, 1.82) is 0 Å². The molecule has 18 heavy (non-hydrogen) atoms. The van der Waals surface area contributed by atoms with Crippen LogP contribution in [0.5, 0.6) is 0 Å². The molecule has 96 valence electrons. The Balaban J connectivity index is 2.12. The standard InChI is InChI=1S/C10H14ClN7/c1-17(2)7-5-12-9-14-8(11)15-10(16-9)18-6-3-4-13-18/h3-4,6H,5,7H2,1-2H3,(H,12,14,15,16). The maximum absolute atomic E-state index is 5.85. The van der Waals surface area contributed by atoms with E-state index in [1.165, 1.54) is 4.68 Å². The van der Waals surface area contributed by atoms with Crippen molar-refractivity contribution in [3.8, 4) is 5.95 Å². The summed E-state index contributed by atoms with van der Waals surface area (Å²) in [7, 11) is 3.99. The van der Waals surface area contributed by atoms with E-state index in [2.05, 4.69) is 30.3 Å². The second-order valence-electron chi connectivity index (χ2n) is 3.91. The minimum Gasteiger partial charge on any atom is -0.353 e. The van der Waals surface area contributed by atoms with Crippen LogP contribution in [0.15, 0.2) is 18.5 Å². The normalized spacial score (nSPS) is 10.9. The van der Waals surface area contributed by atoms with Crippen molar-refractivity contribution in [2.45, 2.75) is 0 Å². The van der Waals surface area contributed by atoms with Gasteiger partial charge in [0.25, 0.3) is 5.95 Å². The zero-order valence-electron chi connectivity index (χ0n) is 10.2. The number of aromatic nitrogens is 5. The summed E-state index contributed by atoms with van der Waals surface area (Å²) < 4.78 is 1.53. The van der Waals surface area contributed by atoms with Gasteiger partial charge < -0.3 is 10.2 Å². The molecule has 2 aromatic rings. The molecule has 0 aromatic carbocycles. The zero-order valence-corrected chi connectivity index (χ0v) is 11.0. The number of anilines is 1. The fraction of sp³-hybridized carbons (Fsp3) is 0.400. The summed E-state index contributed by atoms with van der Waals surface area (Å²) in [6.07, 6.45) is 3.39. The molecule has 0 aliphatic carbocycles. The Morgan fingerprint density at radius 1 is 1.33 bits per heavy atom. The molecule has 0 radical (unpaired) electrons. The van der Waals surface area contributed by atoms with Crippen LogP contribution in [0.1, 0.15) is 0 Å². The molecule has 0 aliphatic rings. The average Bonchev–Trinajstić information content (AvgIpc) is 2.81. The number of hydrogen-bond donors (Lipinski definition) is 1. The molecule has 0 aliphatic heterocycles. The summed E-state index contributed by atoms with van der Waals surface area (Å²) >= 11 is 5.85. The maximum Gasteiger partial charge on any atom is 0.256 e. The number of rotatable bonds is 5. The van der Waals surface area contributed by atoms with Crippen LogP contribution in [-0.4, -0.2) is 56.8 Å². The Morgan fingerprint density at radius 3 is 2.83 bits per heavy atom. The highest BCUT2D eigenvalue weighted by Gasteiger charge is 2.06. The van der Waals surface area contributed by atoms with Gasteiger partial charge >= 0.3 is 0 Å². The summed E-state index contributed by atoms with van der Waals surface area (Å²) in [5.41, 5.74) is 0. The third-order valence-electron chi connectivity index (χ3n) is 2.15. The Hall–Kier alpha value is -1.73.